The third-order valence-corrected chi connectivity index (χ3v) is 8.07. The summed E-state index contributed by atoms with van der Waals surface area (Å²) < 4.78 is 1.43. The highest BCUT2D eigenvalue weighted by molar-refractivity contribution is 5.97. The minimum Gasteiger partial charge on any atom is -0.392 e. The molecule has 1 aromatic heterocycles. The van der Waals surface area contributed by atoms with Gasteiger partial charge in [0.15, 0.2) is 0 Å². The van der Waals surface area contributed by atoms with Gasteiger partial charge in [-0.3, -0.25) is 14.4 Å². The number of aliphatic hydroxyl groups excluding tert-OH is 1. The van der Waals surface area contributed by atoms with Gasteiger partial charge in [-0.1, -0.05) is 44.2 Å². The average molecular weight is 552 g/mol. The molecular weight excluding hydrogens is 518 g/mol. The Morgan fingerprint density at radius 1 is 0.951 bits per heavy atom. The molecule has 2 aliphatic rings. The molecule has 2 N–H and O–H groups in total. The molecule has 9 nitrogen and oxygen atoms in total. The molecule has 3 aromatic carbocycles. The maximum atomic E-state index is 13.5. The number of hydrogen-bond donors (Lipinski definition) is 2. The maximum absolute atomic E-state index is 13.5. The number of nitrogens with zero attached hydrogens (tertiary/aromatic N) is 4. The first-order chi connectivity index (χ1) is 19.9. The number of aliphatic hydroxyl groups is 1. The lowest BCUT2D eigenvalue weighted by Gasteiger charge is -2.35. The predicted molar refractivity (Wildman–Crippen MR) is 157 cm³/mol. The van der Waals surface area contributed by atoms with Crippen LogP contribution in [-0.2, 0) is 11.4 Å². The molecule has 1 saturated heterocycles. The second-order valence-electron chi connectivity index (χ2n) is 11.0. The Hall–Kier alpha value is -4.50. The van der Waals surface area contributed by atoms with Gasteiger partial charge < -0.3 is 20.2 Å². The summed E-state index contributed by atoms with van der Waals surface area (Å²) in [5.41, 5.74) is 4.45. The minimum atomic E-state index is -0.207. The van der Waals surface area contributed by atoms with Crippen LogP contribution in [0, 0.1) is 5.92 Å². The summed E-state index contributed by atoms with van der Waals surface area (Å²) in [7, 11) is 0. The lowest BCUT2D eigenvalue weighted by atomic mass is 9.88. The minimum absolute atomic E-state index is 0.0410. The number of carbonyl (C=O) groups excluding carboxylic acids is 2. The van der Waals surface area contributed by atoms with Crippen LogP contribution in [0.5, 0.6) is 0 Å². The van der Waals surface area contributed by atoms with Gasteiger partial charge in [-0.15, -0.1) is 0 Å². The zero-order chi connectivity index (χ0) is 28.7. The zero-order valence-corrected chi connectivity index (χ0v) is 23.2. The van der Waals surface area contributed by atoms with E-state index in [0.29, 0.717) is 49.4 Å². The number of nitrogens with one attached hydrogen (secondary N) is 1. The summed E-state index contributed by atoms with van der Waals surface area (Å²) in [5, 5.41) is 19.2. The first-order valence-electron chi connectivity index (χ1n) is 14.0. The number of piperazine rings is 1. The van der Waals surface area contributed by atoms with E-state index in [4.69, 9.17) is 5.10 Å². The molecule has 2 aliphatic heterocycles. The van der Waals surface area contributed by atoms with Gasteiger partial charge in [0.25, 0.3) is 11.5 Å². The van der Waals surface area contributed by atoms with Crippen molar-refractivity contribution < 1.29 is 14.7 Å². The van der Waals surface area contributed by atoms with Gasteiger partial charge in [-0.25, -0.2) is 0 Å². The van der Waals surface area contributed by atoms with E-state index in [9.17, 15) is 19.5 Å². The number of carbonyl (C=O) groups is 2. The van der Waals surface area contributed by atoms with E-state index in [1.54, 1.807) is 29.2 Å². The normalized spacial score (nSPS) is 16.6. The molecule has 1 fully saturated rings. The summed E-state index contributed by atoms with van der Waals surface area (Å²) >= 11 is 0. The molecule has 0 saturated carbocycles. The monoisotopic (exact) mass is 551 g/mol. The van der Waals surface area contributed by atoms with Crippen molar-refractivity contribution in [3.63, 3.8) is 0 Å². The van der Waals surface area contributed by atoms with E-state index in [-0.39, 0.29) is 35.8 Å². The van der Waals surface area contributed by atoms with E-state index in [0.717, 1.165) is 27.9 Å². The topological polar surface area (TPSA) is 108 Å². The van der Waals surface area contributed by atoms with Crippen LogP contribution in [0.4, 0.5) is 5.69 Å². The summed E-state index contributed by atoms with van der Waals surface area (Å²) in [6, 6.07) is 20.4. The Balaban J connectivity index is 1.29. The van der Waals surface area contributed by atoms with Crippen molar-refractivity contribution in [2.75, 3.05) is 38.0 Å². The van der Waals surface area contributed by atoms with E-state index in [1.165, 1.54) is 4.68 Å². The van der Waals surface area contributed by atoms with Crippen molar-refractivity contribution in [1.82, 2.24) is 19.6 Å². The smallest absolute Gasteiger partial charge is 0.279 e. The molecule has 0 radical (unpaired) electrons. The number of anilines is 1. The van der Waals surface area contributed by atoms with Gasteiger partial charge in [0.1, 0.15) is 0 Å². The highest BCUT2D eigenvalue weighted by Crippen LogP contribution is 2.37. The van der Waals surface area contributed by atoms with E-state index in [1.807, 2.05) is 61.2 Å². The molecule has 6 rings (SSSR count). The summed E-state index contributed by atoms with van der Waals surface area (Å²) in [5.74, 6) is -0.0975. The van der Waals surface area contributed by atoms with Crippen molar-refractivity contribution in [2.24, 2.45) is 5.92 Å². The molecule has 4 aromatic rings. The summed E-state index contributed by atoms with van der Waals surface area (Å²) in [6.07, 6.45) is 0. The molecule has 0 spiro atoms. The number of rotatable bonds is 5. The highest BCUT2D eigenvalue weighted by atomic mass is 16.3. The molecule has 1 atom stereocenters. The van der Waals surface area contributed by atoms with Crippen molar-refractivity contribution >= 4 is 28.3 Å². The van der Waals surface area contributed by atoms with E-state index >= 15 is 0 Å². The predicted octanol–water partition coefficient (Wildman–Crippen LogP) is 3.38. The molecule has 2 amide bonds. The van der Waals surface area contributed by atoms with Gasteiger partial charge in [0.2, 0.25) is 5.91 Å². The molecule has 41 heavy (non-hydrogen) atoms. The molecule has 0 bridgehead atoms. The highest BCUT2D eigenvalue weighted by Gasteiger charge is 2.29. The van der Waals surface area contributed by atoms with Gasteiger partial charge in [-0.2, -0.15) is 9.78 Å². The van der Waals surface area contributed by atoms with Crippen LogP contribution < -0.4 is 10.9 Å². The Labute approximate surface area is 238 Å². The van der Waals surface area contributed by atoms with Crippen LogP contribution in [0.3, 0.4) is 0 Å². The maximum Gasteiger partial charge on any atom is 0.279 e. The fourth-order valence-corrected chi connectivity index (χ4v) is 5.75. The van der Waals surface area contributed by atoms with Crippen LogP contribution in [0.2, 0.25) is 0 Å². The van der Waals surface area contributed by atoms with Crippen molar-refractivity contribution in [2.45, 2.75) is 26.4 Å². The van der Waals surface area contributed by atoms with Gasteiger partial charge >= 0.3 is 0 Å². The molecule has 0 aliphatic carbocycles. The number of benzene rings is 3. The Morgan fingerprint density at radius 2 is 1.63 bits per heavy atom. The second kappa shape index (κ2) is 10.8. The lowest BCUT2D eigenvalue weighted by molar-refractivity contribution is -0.135. The van der Waals surface area contributed by atoms with Gasteiger partial charge in [0, 0.05) is 61.2 Å². The third kappa shape index (κ3) is 4.86. The van der Waals surface area contributed by atoms with Crippen molar-refractivity contribution in [1.29, 1.82) is 0 Å². The Kier molecular flexibility index (Phi) is 7.05. The second-order valence-corrected chi connectivity index (χ2v) is 11.0. The molecule has 1 unspecified atom stereocenters. The summed E-state index contributed by atoms with van der Waals surface area (Å²) in [6.45, 7) is 6.45. The van der Waals surface area contributed by atoms with E-state index < -0.39 is 0 Å². The standard InChI is InChI=1S/C32H33N5O4/c1-20(2)30(39)35-14-16-36(17-15-35)31(40)23-10-8-22(9-11-23)26-18-33-27-5-3-4-25-28(27)29(26)34-37(32(25)41)24-12-6-21(19-38)7-13-24/h3-13,20,26,33,38H,14-19H2,1-2H3. The molecule has 3 heterocycles. The SMILES string of the molecule is CC(C)C(=O)N1CCN(C(=O)c2ccc(C3CNc4cccc5c(=O)n(-c6ccc(CO)cc6)nc3c45)cc2)CC1. The Bertz CT molecular complexity index is 1670. The number of amides is 2. The lowest BCUT2D eigenvalue weighted by Crippen LogP contribution is -2.51. The quantitative estimate of drug-likeness (QED) is 0.394. The van der Waals surface area contributed by atoms with Gasteiger partial charge in [0.05, 0.1) is 23.4 Å². The van der Waals surface area contributed by atoms with Crippen LogP contribution in [0.1, 0.15) is 46.9 Å². The van der Waals surface area contributed by atoms with Crippen molar-refractivity contribution in [3.05, 3.63) is 99.5 Å². The first-order valence-corrected chi connectivity index (χ1v) is 14.0. The fourth-order valence-electron chi connectivity index (χ4n) is 5.75. The Morgan fingerprint density at radius 3 is 2.29 bits per heavy atom. The van der Waals surface area contributed by atoms with Crippen LogP contribution in [0.25, 0.3) is 16.5 Å². The summed E-state index contributed by atoms with van der Waals surface area (Å²) in [4.78, 5) is 42.7. The molecule has 9 heteroatoms. The zero-order valence-electron chi connectivity index (χ0n) is 23.2. The van der Waals surface area contributed by atoms with E-state index in [2.05, 4.69) is 5.32 Å². The van der Waals surface area contributed by atoms with Crippen molar-refractivity contribution in [3.8, 4) is 5.69 Å². The third-order valence-electron chi connectivity index (χ3n) is 8.07. The van der Waals surface area contributed by atoms with Gasteiger partial charge in [-0.05, 0) is 47.5 Å². The van der Waals surface area contributed by atoms with Crippen LogP contribution in [0.15, 0.2) is 71.5 Å². The largest absolute Gasteiger partial charge is 0.392 e. The van der Waals surface area contributed by atoms with Crippen LogP contribution in [-0.4, -0.2) is 69.2 Å². The molecular formula is C32H33N5O4. The van der Waals surface area contributed by atoms with Crippen LogP contribution >= 0.6 is 0 Å². The fraction of sp³-hybridized carbons (Fsp3) is 0.312. The molecule has 210 valence electrons. The average Bonchev–Trinajstić information content (AvgIpc) is 3.02. The number of hydrogen-bond acceptors (Lipinski definition) is 6. The number of aromatic nitrogens is 2. The first kappa shape index (κ1) is 26.7.